The quantitative estimate of drug-likeness (QED) is 0.893. The van der Waals surface area contributed by atoms with Crippen LogP contribution in [0.3, 0.4) is 0 Å². The number of rotatable bonds is 2. The molecule has 2 aromatic rings. The van der Waals surface area contributed by atoms with Crippen LogP contribution in [0.4, 0.5) is 5.69 Å². The van der Waals surface area contributed by atoms with E-state index in [2.05, 4.69) is 9.88 Å². The molecule has 3 rings (SSSR count). The van der Waals surface area contributed by atoms with Crippen molar-refractivity contribution >= 4 is 22.7 Å². The van der Waals surface area contributed by atoms with Gasteiger partial charge in [0.05, 0.1) is 5.52 Å². The van der Waals surface area contributed by atoms with E-state index in [9.17, 15) is 9.59 Å². The van der Waals surface area contributed by atoms with Crippen molar-refractivity contribution in [2.24, 2.45) is 0 Å². The summed E-state index contributed by atoms with van der Waals surface area (Å²) in [7, 11) is 0. The molecule has 0 unspecified atom stereocenters. The van der Waals surface area contributed by atoms with Crippen LogP contribution in [0, 0.1) is 0 Å². The molecule has 1 fully saturated rings. The highest BCUT2D eigenvalue weighted by Crippen LogP contribution is 2.21. The van der Waals surface area contributed by atoms with E-state index in [1.54, 1.807) is 6.07 Å². The van der Waals surface area contributed by atoms with E-state index < -0.39 is 5.76 Å². The van der Waals surface area contributed by atoms with Crippen LogP contribution >= 0.6 is 0 Å². The number of amides is 1. The van der Waals surface area contributed by atoms with Gasteiger partial charge in [-0.05, 0) is 18.2 Å². The highest BCUT2D eigenvalue weighted by molar-refractivity contribution is 5.78. The lowest BCUT2D eigenvalue weighted by atomic mass is 10.2. The molecule has 6 heteroatoms. The largest absolute Gasteiger partial charge is 0.417 e. The molecule has 1 aromatic heterocycles. The van der Waals surface area contributed by atoms with Crippen molar-refractivity contribution in [3.8, 4) is 0 Å². The van der Waals surface area contributed by atoms with Crippen molar-refractivity contribution in [3.05, 3.63) is 28.7 Å². The summed E-state index contributed by atoms with van der Waals surface area (Å²) in [6.45, 7) is 4.98. The Labute approximate surface area is 116 Å². The lowest BCUT2D eigenvalue weighted by Gasteiger charge is -2.36. The zero-order chi connectivity index (χ0) is 14.1. The molecule has 20 heavy (non-hydrogen) atoms. The SMILES string of the molecule is CCC(=O)N1CCN(c2ccc3oc(=O)[nH]c3c2)CC1. The first-order valence-corrected chi connectivity index (χ1v) is 6.83. The molecule has 1 amide bonds. The number of fused-ring (bicyclic) bond motifs is 1. The minimum absolute atomic E-state index is 0.208. The van der Waals surface area contributed by atoms with E-state index >= 15 is 0 Å². The summed E-state index contributed by atoms with van der Waals surface area (Å²) in [6, 6.07) is 5.65. The van der Waals surface area contributed by atoms with Crippen molar-refractivity contribution in [3.63, 3.8) is 0 Å². The van der Waals surface area contributed by atoms with Crippen molar-refractivity contribution in [1.82, 2.24) is 9.88 Å². The smallest absolute Gasteiger partial charge is 0.408 e. The van der Waals surface area contributed by atoms with Gasteiger partial charge in [0.1, 0.15) is 0 Å². The minimum atomic E-state index is -0.435. The van der Waals surface area contributed by atoms with Crippen LogP contribution in [0.5, 0.6) is 0 Å². The van der Waals surface area contributed by atoms with E-state index in [-0.39, 0.29) is 5.91 Å². The zero-order valence-corrected chi connectivity index (χ0v) is 11.4. The van der Waals surface area contributed by atoms with Crippen molar-refractivity contribution in [2.45, 2.75) is 13.3 Å². The first kappa shape index (κ1) is 12.8. The number of benzene rings is 1. The number of oxazole rings is 1. The van der Waals surface area contributed by atoms with Crippen LogP contribution in [-0.4, -0.2) is 42.0 Å². The van der Waals surface area contributed by atoms with Gasteiger partial charge in [0, 0.05) is 38.3 Å². The summed E-state index contributed by atoms with van der Waals surface area (Å²) in [4.78, 5) is 29.6. The molecular weight excluding hydrogens is 258 g/mol. The Bertz CT molecular complexity index is 680. The van der Waals surface area contributed by atoms with Gasteiger partial charge < -0.3 is 14.2 Å². The molecule has 106 valence electrons. The van der Waals surface area contributed by atoms with Crippen LogP contribution in [0.25, 0.3) is 11.1 Å². The fourth-order valence-electron chi connectivity index (χ4n) is 2.57. The number of hydrogen-bond donors (Lipinski definition) is 1. The highest BCUT2D eigenvalue weighted by atomic mass is 16.4. The maximum absolute atomic E-state index is 11.6. The Morgan fingerprint density at radius 3 is 2.75 bits per heavy atom. The molecule has 0 aliphatic carbocycles. The lowest BCUT2D eigenvalue weighted by Crippen LogP contribution is -2.48. The molecule has 2 heterocycles. The second-order valence-electron chi connectivity index (χ2n) is 4.92. The monoisotopic (exact) mass is 275 g/mol. The van der Waals surface area contributed by atoms with Gasteiger partial charge in [0.15, 0.2) is 5.58 Å². The van der Waals surface area contributed by atoms with Crippen LogP contribution in [-0.2, 0) is 4.79 Å². The molecule has 1 aliphatic rings. The predicted octanol–water partition coefficient (Wildman–Crippen LogP) is 1.18. The molecule has 6 nitrogen and oxygen atoms in total. The Kier molecular flexibility index (Phi) is 3.22. The van der Waals surface area contributed by atoms with Crippen molar-refractivity contribution in [2.75, 3.05) is 31.1 Å². The van der Waals surface area contributed by atoms with Crippen molar-refractivity contribution < 1.29 is 9.21 Å². The number of nitrogens with zero attached hydrogens (tertiary/aromatic N) is 2. The number of aromatic nitrogens is 1. The van der Waals surface area contributed by atoms with Gasteiger partial charge >= 0.3 is 5.76 Å². The average Bonchev–Trinajstić information content (AvgIpc) is 2.85. The Morgan fingerprint density at radius 1 is 1.30 bits per heavy atom. The number of H-pyrrole nitrogens is 1. The summed E-state index contributed by atoms with van der Waals surface area (Å²) in [5.74, 6) is -0.227. The molecule has 0 spiro atoms. The van der Waals surface area contributed by atoms with Gasteiger partial charge in [-0.1, -0.05) is 6.92 Å². The topological polar surface area (TPSA) is 69.6 Å². The molecule has 0 radical (unpaired) electrons. The van der Waals surface area contributed by atoms with Crippen LogP contribution < -0.4 is 10.7 Å². The third-order valence-corrected chi connectivity index (χ3v) is 3.70. The fraction of sp³-hybridized carbons (Fsp3) is 0.429. The summed E-state index contributed by atoms with van der Waals surface area (Å²) >= 11 is 0. The first-order chi connectivity index (χ1) is 9.67. The Balaban J connectivity index is 1.76. The van der Waals surface area contributed by atoms with Gasteiger partial charge in [-0.3, -0.25) is 9.78 Å². The molecule has 1 saturated heterocycles. The summed E-state index contributed by atoms with van der Waals surface area (Å²) < 4.78 is 4.99. The van der Waals surface area contributed by atoms with E-state index in [1.807, 2.05) is 24.0 Å². The van der Waals surface area contributed by atoms with Crippen LogP contribution in [0.1, 0.15) is 13.3 Å². The second-order valence-corrected chi connectivity index (χ2v) is 4.92. The average molecular weight is 275 g/mol. The van der Waals surface area contributed by atoms with Gasteiger partial charge in [-0.15, -0.1) is 0 Å². The number of hydrogen-bond acceptors (Lipinski definition) is 4. The molecule has 1 N–H and O–H groups in total. The summed E-state index contributed by atoms with van der Waals surface area (Å²) in [6.07, 6.45) is 0.558. The van der Waals surface area contributed by atoms with E-state index in [4.69, 9.17) is 4.42 Å². The van der Waals surface area contributed by atoms with E-state index in [1.165, 1.54) is 0 Å². The molecular formula is C14H17N3O3. The molecule has 0 atom stereocenters. The normalized spacial score (nSPS) is 15.8. The summed E-state index contributed by atoms with van der Waals surface area (Å²) in [5, 5.41) is 0. The van der Waals surface area contributed by atoms with Gasteiger partial charge in [0.25, 0.3) is 0 Å². The van der Waals surface area contributed by atoms with Gasteiger partial charge in [0.2, 0.25) is 5.91 Å². The highest BCUT2D eigenvalue weighted by Gasteiger charge is 2.20. The van der Waals surface area contributed by atoms with E-state index in [0.717, 1.165) is 31.9 Å². The number of piperazine rings is 1. The third-order valence-electron chi connectivity index (χ3n) is 3.70. The number of nitrogens with one attached hydrogen (secondary N) is 1. The van der Waals surface area contributed by atoms with Gasteiger partial charge in [-0.2, -0.15) is 0 Å². The molecule has 0 saturated carbocycles. The number of anilines is 1. The van der Waals surface area contributed by atoms with Gasteiger partial charge in [-0.25, -0.2) is 4.79 Å². The van der Waals surface area contributed by atoms with Crippen molar-refractivity contribution in [1.29, 1.82) is 0 Å². The number of carbonyl (C=O) groups is 1. The Hall–Kier alpha value is -2.24. The lowest BCUT2D eigenvalue weighted by molar-refractivity contribution is -0.131. The predicted molar refractivity (Wildman–Crippen MR) is 75.9 cm³/mol. The third kappa shape index (κ3) is 2.29. The first-order valence-electron chi connectivity index (χ1n) is 6.83. The zero-order valence-electron chi connectivity index (χ0n) is 11.4. The molecule has 1 aliphatic heterocycles. The van der Waals surface area contributed by atoms with Crippen LogP contribution in [0.2, 0.25) is 0 Å². The Morgan fingerprint density at radius 2 is 2.05 bits per heavy atom. The standard InChI is InChI=1S/C14H17N3O3/c1-2-13(18)17-7-5-16(6-8-17)10-3-4-12-11(9-10)15-14(19)20-12/h3-4,9H,2,5-8H2,1H3,(H,15,19). The summed E-state index contributed by atoms with van der Waals surface area (Å²) in [5.41, 5.74) is 2.32. The molecule has 1 aromatic carbocycles. The maximum atomic E-state index is 11.6. The molecule has 0 bridgehead atoms. The number of carbonyl (C=O) groups excluding carboxylic acids is 1. The minimum Gasteiger partial charge on any atom is -0.408 e. The van der Waals surface area contributed by atoms with E-state index in [0.29, 0.717) is 17.5 Å². The van der Waals surface area contributed by atoms with Crippen LogP contribution in [0.15, 0.2) is 27.4 Å². The maximum Gasteiger partial charge on any atom is 0.417 e. The second kappa shape index (κ2) is 5.03. The fourth-order valence-corrected chi connectivity index (χ4v) is 2.57. The number of aromatic amines is 1.